The van der Waals surface area contributed by atoms with Gasteiger partial charge in [0.15, 0.2) is 5.58 Å². The number of nitrogen functional groups attached to an aromatic ring is 1. The molecule has 1 aromatic carbocycles. The molecule has 0 aliphatic carbocycles. The summed E-state index contributed by atoms with van der Waals surface area (Å²) in [5, 5.41) is 3.25. The summed E-state index contributed by atoms with van der Waals surface area (Å²) in [6, 6.07) is 6.18. The quantitative estimate of drug-likeness (QED) is 0.815. The fourth-order valence-electron chi connectivity index (χ4n) is 2.29. The largest absolute Gasteiger partial charge is 0.423 e. The number of nitrogens with two attached hydrogens (primary N) is 1. The molecule has 2 aromatic rings. The van der Waals surface area contributed by atoms with E-state index in [0.717, 1.165) is 25.0 Å². The van der Waals surface area contributed by atoms with Crippen LogP contribution in [0.25, 0.3) is 11.1 Å². The molecule has 0 spiro atoms. The minimum atomic E-state index is 0.193. The Balaban J connectivity index is 1.77. The lowest BCUT2D eigenvalue weighted by atomic mass is 10.1. The number of oxazole rings is 1. The SMILES string of the molecule is CC(Nc1nc2ccc(N)cc2o1)C1CCCO1. The van der Waals surface area contributed by atoms with Gasteiger partial charge < -0.3 is 20.2 Å². The van der Waals surface area contributed by atoms with Crippen LogP contribution >= 0.6 is 0 Å². The van der Waals surface area contributed by atoms with Crippen LogP contribution in [0.2, 0.25) is 0 Å². The second-order valence-electron chi connectivity index (χ2n) is 4.73. The van der Waals surface area contributed by atoms with Crippen molar-refractivity contribution in [1.29, 1.82) is 0 Å². The first kappa shape index (κ1) is 11.3. The Morgan fingerprint density at radius 1 is 1.50 bits per heavy atom. The molecule has 2 atom stereocenters. The van der Waals surface area contributed by atoms with Gasteiger partial charge in [-0.05, 0) is 31.9 Å². The van der Waals surface area contributed by atoms with E-state index in [0.29, 0.717) is 17.3 Å². The second kappa shape index (κ2) is 4.49. The van der Waals surface area contributed by atoms with E-state index >= 15 is 0 Å². The maximum absolute atomic E-state index is 5.71. The Labute approximate surface area is 105 Å². The smallest absolute Gasteiger partial charge is 0.295 e. The van der Waals surface area contributed by atoms with Crippen molar-refractivity contribution in [3.63, 3.8) is 0 Å². The first-order valence-corrected chi connectivity index (χ1v) is 6.26. The lowest BCUT2D eigenvalue weighted by molar-refractivity contribution is 0.0990. The number of hydrogen-bond acceptors (Lipinski definition) is 5. The van der Waals surface area contributed by atoms with Crippen LogP contribution in [0.15, 0.2) is 22.6 Å². The molecule has 2 heterocycles. The van der Waals surface area contributed by atoms with Crippen LogP contribution in [-0.2, 0) is 4.74 Å². The Kier molecular flexibility index (Phi) is 2.83. The van der Waals surface area contributed by atoms with Gasteiger partial charge in [0.05, 0.1) is 12.1 Å². The lowest BCUT2D eigenvalue weighted by Gasteiger charge is -2.18. The molecule has 1 aliphatic heterocycles. The number of benzene rings is 1. The number of nitrogens with zero attached hydrogens (tertiary/aromatic N) is 1. The molecular weight excluding hydrogens is 230 g/mol. The molecule has 3 N–H and O–H groups in total. The molecule has 1 aliphatic rings. The zero-order valence-corrected chi connectivity index (χ0v) is 10.3. The summed E-state index contributed by atoms with van der Waals surface area (Å²) in [6.07, 6.45) is 2.45. The van der Waals surface area contributed by atoms with Gasteiger partial charge in [-0.1, -0.05) is 0 Å². The summed E-state index contributed by atoms with van der Waals surface area (Å²) in [4.78, 5) is 4.38. The highest BCUT2D eigenvalue weighted by atomic mass is 16.5. The molecule has 96 valence electrons. The van der Waals surface area contributed by atoms with Gasteiger partial charge in [-0.25, -0.2) is 0 Å². The topological polar surface area (TPSA) is 73.3 Å². The van der Waals surface area contributed by atoms with Crippen LogP contribution in [0.5, 0.6) is 0 Å². The van der Waals surface area contributed by atoms with Crippen molar-refractivity contribution in [2.24, 2.45) is 0 Å². The molecule has 18 heavy (non-hydrogen) atoms. The summed E-state index contributed by atoms with van der Waals surface area (Å²) in [7, 11) is 0. The van der Waals surface area contributed by atoms with E-state index in [4.69, 9.17) is 14.9 Å². The Morgan fingerprint density at radius 2 is 2.39 bits per heavy atom. The van der Waals surface area contributed by atoms with Crippen molar-refractivity contribution in [3.05, 3.63) is 18.2 Å². The van der Waals surface area contributed by atoms with E-state index in [1.54, 1.807) is 6.07 Å². The van der Waals surface area contributed by atoms with Crippen molar-refractivity contribution in [1.82, 2.24) is 4.98 Å². The van der Waals surface area contributed by atoms with Gasteiger partial charge in [-0.2, -0.15) is 4.98 Å². The molecule has 0 radical (unpaired) electrons. The second-order valence-corrected chi connectivity index (χ2v) is 4.73. The van der Waals surface area contributed by atoms with Gasteiger partial charge >= 0.3 is 0 Å². The van der Waals surface area contributed by atoms with Gasteiger partial charge in [0.1, 0.15) is 5.52 Å². The number of rotatable bonds is 3. The minimum Gasteiger partial charge on any atom is -0.423 e. The number of ether oxygens (including phenoxy) is 1. The lowest BCUT2D eigenvalue weighted by Crippen LogP contribution is -2.30. The van der Waals surface area contributed by atoms with Gasteiger partial charge in [-0.3, -0.25) is 0 Å². The molecule has 3 rings (SSSR count). The van der Waals surface area contributed by atoms with Crippen molar-refractivity contribution in [2.45, 2.75) is 31.9 Å². The first-order chi connectivity index (χ1) is 8.72. The third-order valence-electron chi connectivity index (χ3n) is 3.29. The van der Waals surface area contributed by atoms with Gasteiger partial charge in [0.2, 0.25) is 0 Å². The van der Waals surface area contributed by atoms with Crippen LogP contribution < -0.4 is 11.1 Å². The Morgan fingerprint density at radius 3 is 3.17 bits per heavy atom. The van der Waals surface area contributed by atoms with Crippen molar-refractivity contribution in [3.8, 4) is 0 Å². The molecule has 1 aromatic heterocycles. The van der Waals surface area contributed by atoms with E-state index in [1.807, 2.05) is 12.1 Å². The molecule has 2 unspecified atom stereocenters. The highest BCUT2D eigenvalue weighted by molar-refractivity contribution is 5.78. The number of nitrogens with one attached hydrogen (secondary N) is 1. The Hall–Kier alpha value is -1.75. The summed E-state index contributed by atoms with van der Waals surface area (Å²) < 4.78 is 11.2. The van der Waals surface area contributed by atoms with E-state index in [2.05, 4.69) is 17.2 Å². The highest BCUT2D eigenvalue weighted by Gasteiger charge is 2.23. The standard InChI is InChI=1S/C13H17N3O2/c1-8(11-3-2-6-17-11)15-13-16-10-5-4-9(14)7-12(10)18-13/h4-5,7-8,11H,2-3,6,14H2,1H3,(H,15,16). The zero-order valence-electron chi connectivity index (χ0n) is 10.3. The van der Waals surface area contributed by atoms with Gasteiger partial charge in [-0.15, -0.1) is 0 Å². The molecule has 5 heteroatoms. The Bertz CT molecular complexity index is 546. The average Bonchev–Trinajstić information content (AvgIpc) is 2.95. The van der Waals surface area contributed by atoms with E-state index in [1.165, 1.54) is 0 Å². The zero-order chi connectivity index (χ0) is 12.5. The number of hydrogen-bond donors (Lipinski definition) is 2. The van der Waals surface area contributed by atoms with E-state index in [9.17, 15) is 0 Å². The molecule has 1 fully saturated rings. The number of fused-ring (bicyclic) bond motifs is 1. The molecule has 0 bridgehead atoms. The van der Waals surface area contributed by atoms with Crippen molar-refractivity contribution in [2.75, 3.05) is 17.7 Å². The van der Waals surface area contributed by atoms with Crippen LogP contribution in [-0.4, -0.2) is 23.7 Å². The van der Waals surface area contributed by atoms with Crippen LogP contribution in [0.3, 0.4) is 0 Å². The normalized spacial score (nSPS) is 21.3. The summed E-state index contributed by atoms with van der Waals surface area (Å²) in [5.74, 6) is 0. The fourth-order valence-corrected chi connectivity index (χ4v) is 2.29. The maximum atomic E-state index is 5.71. The third kappa shape index (κ3) is 2.13. The monoisotopic (exact) mass is 247 g/mol. The van der Waals surface area contributed by atoms with Crippen LogP contribution in [0.1, 0.15) is 19.8 Å². The van der Waals surface area contributed by atoms with Crippen LogP contribution in [0.4, 0.5) is 11.7 Å². The predicted octanol–water partition coefficient (Wildman–Crippen LogP) is 2.39. The van der Waals surface area contributed by atoms with Gasteiger partial charge in [0, 0.05) is 18.4 Å². The van der Waals surface area contributed by atoms with Crippen LogP contribution in [0, 0.1) is 0 Å². The summed E-state index contributed by atoms with van der Waals surface area (Å²) >= 11 is 0. The van der Waals surface area contributed by atoms with Crippen molar-refractivity contribution >= 4 is 22.8 Å². The summed E-state index contributed by atoms with van der Waals surface area (Å²) in [6.45, 7) is 2.93. The van der Waals surface area contributed by atoms with Crippen molar-refractivity contribution < 1.29 is 9.15 Å². The van der Waals surface area contributed by atoms with Gasteiger partial charge in [0.25, 0.3) is 6.01 Å². The number of anilines is 2. The average molecular weight is 247 g/mol. The molecule has 1 saturated heterocycles. The molecular formula is C13H17N3O2. The van der Waals surface area contributed by atoms with E-state index in [-0.39, 0.29) is 12.1 Å². The fraction of sp³-hybridized carbons (Fsp3) is 0.462. The predicted molar refractivity (Wildman–Crippen MR) is 70.5 cm³/mol. The molecule has 0 amide bonds. The third-order valence-corrected chi connectivity index (χ3v) is 3.29. The molecule has 5 nitrogen and oxygen atoms in total. The first-order valence-electron chi connectivity index (χ1n) is 6.26. The summed E-state index contributed by atoms with van der Waals surface area (Å²) in [5.41, 5.74) is 7.90. The highest BCUT2D eigenvalue weighted by Crippen LogP contribution is 2.23. The maximum Gasteiger partial charge on any atom is 0.295 e. The minimum absolute atomic E-state index is 0.193. The number of aromatic nitrogens is 1. The molecule has 0 saturated carbocycles. The van der Waals surface area contributed by atoms with E-state index < -0.39 is 0 Å².